The van der Waals surface area contributed by atoms with Crippen molar-refractivity contribution in [3.8, 4) is 0 Å². The first-order valence-corrected chi connectivity index (χ1v) is 6.10. The Labute approximate surface area is 89.1 Å². The average molecular weight is 198 g/mol. The Kier molecular flexibility index (Phi) is 5.49. The molecular weight excluding hydrogens is 172 g/mol. The van der Waals surface area contributed by atoms with Gasteiger partial charge in [-0.25, -0.2) is 0 Å². The average Bonchev–Trinajstić information content (AvgIpc) is 2.12. The second-order valence-electron chi connectivity index (χ2n) is 5.09. The number of likely N-dealkylation sites (N-methyl/N-ethyl adjacent to an activating group) is 1. The second kappa shape index (κ2) is 6.41. The third-order valence-electron chi connectivity index (χ3n) is 3.02. The van der Waals surface area contributed by atoms with Gasteiger partial charge in [-0.05, 0) is 51.7 Å². The Balaban J connectivity index is 2.00. The fourth-order valence-electron chi connectivity index (χ4n) is 2.15. The molecule has 1 fully saturated rings. The largest absolute Gasteiger partial charge is 0.313 e. The molecule has 84 valence electrons. The zero-order chi connectivity index (χ0) is 10.4. The number of hydrogen-bond donors (Lipinski definition) is 1. The summed E-state index contributed by atoms with van der Waals surface area (Å²) in [7, 11) is 2.22. The van der Waals surface area contributed by atoms with Crippen LogP contribution in [0.1, 0.15) is 39.5 Å². The lowest BCUT2D eigenvalue weighted by Crippen LogP contribution is -2.44. The molecule has 14 heavy (non-hydrogen) atoms. The number of hydrogen-bond acceptors (Lipinski definition) is 2. The van der Waals surface area contributed by atoms with Gasteiger partial charge in [-0.1, -0.05) is 13.8 Å². The maximum absolute atomic E-state index is 3.67. The highest BCUT2D eigenvalue weighted by Gasteiger charge is 2.15. The number of likely N-dealkylation sites (tertiary alicyclic amines) is 1. The van der Waals surface area contributed by atoms with E-state index in [1.165, 1.54) is 45.3 Å². The standard InChI is InChI=1S/C12H26N2/c1-11(2)6-4-8-13-12-7-5-9-14(3)10-12/h11-13H,4-10H2,1-3H3. The molecule has 1 N–H and O–H groups in total. The monoisotopic (exact) mass is 198 g/mol. The molecule has 1 unspecified atom stereocenters. The minimum absolute atomic E-state index is 0.751. The van der Waals surface area contributed by atoms with E-state index in [9.17, 15) is 0 Å². The summed E-state index contributed by atoms with van der Waals surface area (Å²) >= 11 is 0. The zero-order valence-corrected chi connectivity index (χ0v) is 10.1. The number of nitrogens with zero attached hydrogens (tertiary/aromatic N) is 1. The fraction of sp³-hybridized carbons (Fsp3) is 1.00. The van der Waals surface area contributed by atoms with E-state index in [0.717, 1.165) is 12.0 Å². The second-order valence-corrected chi connectivity index (χ2v) is 5.09. The molecule has 0 radical (unpaired) electrons. The van der Waals surface area contributed by atoms with Crippen molar-refractivity contribution in [3.05, 3.63) is 0 Å². The van der Waals surface area contributed by atoms with Crippen LogP contribution < -0.4 is 5.32 Å². The van der Waals surface area contributed by atoms with Gasteiger partial charge in [0.15, 0.2) is 0 Å². The highest BCUT2D eigenvalue weighted by Crippen LogP contribution is 2.08. The Bertz CT molecular complexity index is 145. The van der Waals surface area contributed by atoms with E-state index in [1.54, 1.807) is 0 Å². The number of rotatable bonds is 5. The van der Waals surface area contributed by atoms with E-state index in [1.807, 2.05) is 0 Å². The molecule has 0 bridgehead atoms. The summed E-state index contributed by atoms with van der Waals surface area (Å²) < 4.78 is 0. The van der Waals surface area contributed by atoms with Gasteiger partial charge in [0.2, 0.25) is 0 Å². The Morgan fingerprint density at radius 2 is 2.21 bits per heavy atom. The molecule has 0 aromatic carbocycles. The molecular formula is C12H26N2. The first kappa shape index (κ1) is 12.0. The van der Waals surface area contributed by atoms with E-state index in [-0.39, 0.29) is 0 Å². The maximum atomic E-state index is 3.67. The number of nitrogens with one attached hydrogen (secondary N) is 1. The van der Waals surface area contributed by atoms with Crippen LogP contribution in [0.15, 0.2) is 0 Å². The van der Waals surface area contributed by atoms with Crippen molar-refractivity contribution < 1.29 is 0 Å². The predicted molar refractivity (Wildman–Crippen MR) is 62.6 cm³/mol. The molecule has 2 nitrogen and oxygen atoms in total. The topological polar surface area (TPSA) is 15.3 Å². The summed E-state index contributed by atoms with van der Waals surface area (Å²) in [6.07, 6.45) is 5.41. The molecule has 1 rings (SSSR count). The first-order valence-electron chi connectivity index (χ1n) is 6.10. The fourth-order valence-corrected chi connectivity index (χ4v) is 2.15. The third kappa shape index (κ3) is 4.97. The molecule has 0 saturated carbocycles. The molecule has 1 aliphatic heterocycles. The number of piperidine rings is 1. The van der Waals surface area contributed by atoms with E-state index < -0.39 is 0 Å². The quantitative estimate of drug-likeness (QED) is 0.681. The highest BCUT2D eigenvalue weighted by atomic mass is 15.1. The summed E-state index contributed by atoms with van der Waals surface area (Å²) in [6, 6.07) is 0.751. The van der Waals surface area contributed by atoms with Crippen molar-refractivity contribution in [2.75, 3.05) is 26.7 Å². The zero-order valence-electron chi connectivity index (χ0n) is 10.1. The molecule has 0 aliphatic carbocycles. The van der Waals surface area contributed by atoms with Crippen molar-refractivity contribution in [2.45, 2.75) is 45.6 Å². The smallest absolute Gasteiger partial charge is 0.0195 e. The van der Waals surface area contributed by atoms with Crippen LogP contribution in [0.3, 0.4) is 0 Å². The maximum Gasteiger partial charge on any atom is 0.0195 e. The normalized spacial score (nSPS) is 24.4. The van der Waals surface area contributed by atoms with Crippen LogP contribution in [0, 0.1) is 5.92 Å². The van der Waals surface area contributed by atoms with Crippen LogP contribution in [0.5, 0.6) is 0 Å². The van der Waals surface area contributed by atoms with Crippen molar-refractivity contribution in [2.24, 2.45) is 5.92 Å². The molecule has 0 amide bonds. The van der Waals surface area contributed by atoms with Crippen molar-refractivity contribution in [3.63, 3.8) is 0 Å². The van der Waals surface area contributed by atoms with E-state index >= 15 is 0 Å². The predicted octanol–water partition coefficient (Wildman–Crippen LogP) is 2.11. The molecule has 0 spiro atoms. The van der Waals surface area contributed by atoms with Crippen molar-refractivity contribution >= 4 is 0 Å². The lowest BCUT2D eigenvalue weighted by molar-refractivity contribution is 0.226. The molecule has 1 aliphatic rings. The van der Waals surface area contributed by atoms with Gasteiger partial charge >= 0.3 is 0 Å². The van der Waals surface area contributed by atoms with Crippen LogP contribution in [-0.2, 0) is 0 Å². The highest BCUT2D eigenvalue weighted by molar-refractivity contribution is 4.75. The van der Waals surface area contributed by atoms with Gasteiger partial charge in [0.1, 0.15) is 0 Å². The summed E-state index contributed by atoms with van der Waals surface area (Å²) in [5, 5.41) is 3.67. The van der Waals surface area contributed by atoms with Gasteiger partial charge in [0.05, 0.1) is 0 Å². The van der Waals surface area contributed by atoms with Crippen LogP contribution in [0.4, 0.5) is 0 Å². The van der Waals surface area contributed by atoms with Gasteiger partial charge in [0.25, 0.3) is 0 Å². The Morgan fingerprint density at radius 3 is 2.86 bits per heavy atom. The van der Waals surface area contributed by atoms with Crippen molar-refractivity contribution in [1.29, 1.82) is 0 Å². The van der Waals surface area contributed by atoms with Gasteiger partial charge in [-0.3, -0.25) is 0 Å². The van der Waals surface area contributed by atoms with Gasteiger partial charge < -0.3 is 10.2 Å². The van der Waals surface area contributed by atoms with Crippen LogP contribution in [0.2, 0.25) is 0 Å². The minimum Gasteiger partial charge on any atom is -0.313 e. The molecule has 0 aromatic heterocycles. The Morgan fingerprint density at radius 1 is 1.43 bits per heavy atom. The van der Waals surface area contributed by atoms with E-state index in [2.05, 4.69) is 31.1 Å². The third-order valence-corrected chi connectivity index (χ3v) is 3.02. The summed E-state index contributed by atoms with van der Waals surface area (Å²) in [4.78, 5) is 2.43. The van der Waals surface area contributed by atoms with Crippen LogP contribution >= 0.6 is 0 Å². The van der Waals surface area contributed by atoms with E-state index in [0.29, 0.717) is 0 Å². The molecule has 1 heterocycles. The summed E-state index contributed by atoms with van der Waals surface area (Å²) in [5.41, 5.74) is 0. The van der Waals surface area contributed by atoms with Gasteiger partial charge in [0, 0.05) is 12.6 Å². The lowest BCUT2D eigenvalue weighted by atomic mass is 10.1. The first-order chi connectivity index (χ1) is 6.68. The molecule has 2 heteroatoms. The van der Waals surface area contributed by atoms with Crippen LogP contribution in [0.25, 0.3) is 0 Å². The molecule has 1 atom stereocenters. The lowest BCUT2D eigenvalue weighted by Gasteiger charge is -2.30. The minimum atomic E-state index is 0.751. The molecule has 1 saturated heterocycles. The van der Waals surface area contributed by atoms with Crippen LogP contribution in [-0.4, -0.2) is 37.6 Å². The van der Waals surface area contributed by atoms with Gasteiger partial charge in [-0.15, -0.1) is 0 Å². The van der Waals surface area contributed by atoms with E-state index in [4.69, 9.17) is 0 Å². The van der Waals surface area contributed by atoms with Crippen molar-refractivity contribution in [1.82, 2.24) is 10.2 Å². The summed E-state index contributed by atoms with van der Waals surface area (Å²) in [5.74, 6) is 0.853. The summed E-state index contributed by atoms with van der Waals surface area (Å²) in [6.45, 7) is 8.32. The molecule has 0 aromatic rings. The Hall–Kier alpha value is -0.0800. The van der Waals surface area contributed by atoms with Gasteiger partial charge in [-0.2, -0.15) is 0 Å². The SMILES string of the molecule is CC(C)CCCNC1CCCN(C)C1.